The fourth-order valence-corrected chi connectivity index (χ4v) is 2.24. The number of nitrogens with one attached hydrogen (secondary N) is 1. The van der Waals surface area contributed by atoms with Crippen LogP contribution in [0, 0.1) is 11.8 Å². The number of hydrogen-bond acceptors (Lipinski definition) is 2. The molecule has 16 heavy (non-hydrogen) atoms. The normalized spacial score (nSPS) is 27.4. The Morgan fingerprint density at radius 1 is 1.38 bits per heavy atom. The molecule has 1 aliphatic carbocycles. The molecule has 0 aromatic carbocycles. The van der Waals surface area contributed by atoms with Crippen molar-refractivity contribution in [3.05, 3.63) is 0 Å². The molecule has 3 nitrogen and oxygen atoms in total. The van der Waals surface area contributed by atoms with Gasteiger partial charge in [0.1, 0.15) is 0 Å². The van der Waals surface area contributed by atoms with Crippen LogP contribution in [0.3, 0.4) is 0 Å². The largest absolute Gasteiger partial charge is 0.356 e. The van der Waals surface area contributed by atoms with Crippen molar-refractivity contribution in [3.63, 3.8) is 0 Å². The molecule has 1 fully saturated rings. The summed E-state index contributed by atoms with van der Waals surface area (Å²) in [5.74, 6) is 1.75. The van der Waals surface area contributed by atoms with Crippen molar-refractivity contribution in [1.29, 1.82) is 0 Å². The summed E-state index contributed by atoms with van der Waals surface area (Å²) in [4.78, 5) is 11.5. The third-order valence-corrected chi connectivity index (χ3v) is 3.55. The van der Waals surface area contributed by atoms with E-state index in [0.29, 0.717) is 12.3 Å². The van der Waals surface area contributed by atoms with Gasteiger partial charge in [0.2, 0.25) is 5.91 Å². The maximum absolute atomic E-state index is 11.5. The second-order valence-electron chi connectivity index (χ2n) is 5.45. The molecule has 1 aliphatic rings. The molecule has 1 amide bonds. The van der Waals surface area contributed by atoms with Gasteiger partial charge in [0, 0.05) is 19.0 Å². The number of hydrogen-bond donors (Lipinski definition) is 2. The quantitative estimate of drug-likeness (QED) is 0.754. The third kappa shape index (κ3) is 5.50. The Labute approximate surface area is 99.2 Å². The molecule has 0 heterocycles. The van der Waals surface area contributed by atoms with Crippen LogP contribution in [0.4, 0.5) is 0 Å². The number of carbonyl (C=O) groups excluding carboxylic acids is 1. The number of carbonyl (C=O) groups is 1. The highest BCUT2D eigenvalue weighted by Gasteiger charge is 2.18. The molecule has 0 spiro atoms. The van der Waals surface area contributed by atoms with E-state index in [2.05, 4.69) is 12.2 Å². The first kappa shape index (κ1) is 13.5. The van der Waals surface area contributed by atoms with Crippen LogP contribution >= 0.6 is 0 Å². The lowest BCUT2D eigenvalue weighted by molar-refractivity contribution is -0.121. The van der Waals surface area contributed by atoms with E-state index in [-0.39, 0.29) is 11.9 Å². The van der Waals surface area contributed by atoms with Gasteiger partial charge < -0.3 is 11.1 Å². The smallest absolute Gasteiger partial charge is 0.220 e. The Morgan fingerprint density at radius 2 is 2.00 bits per heavy atom. The summed E-state index contributed by atoms with van der Waals surface area (Å²) in [5, 5.41) is 3.03. The molecule has 3 heteroatoms. The summed E-state index contributed by atoms with van der Waals surface area (Å²) >= 11 is 0. The van der Waals surface area contributed by atoms with Crippen LogP contribution in [-0.2, 0) is 4.79 Å². The van der Waals surface area contributed by atoms with E-state index in [1.807, 2.05) is 6.92 Å². The van der Waals surface area contributed by atoms with E-state index in [9.17, 15) is 4.79 Å². The summed E-state index contributed by atoms with van der Waals surface area (Å²) in [6.45, 7) is 5.12. The fourth-order valence-electron chi connectivity index (χ4n) is 2.24. The van der Waals surface area contributed by atoms with Gasteiger partial charge in [-0.1, -0.05) is 19.8 Å². The van der Waals surface area contributed by atoms with E-state index >= 15 is 0 Å². The second kappa shape index (κ2) is 6.89. The Hall–Kier alpha value is -0.570. The maximum Gasteiger partial charge on any atom is 0.220 e. The van der Waals surface area contributed by atoms with Gasteiger partial charge in [-0.05, 0) is 38.0 Å². The first-order chi connectivity index (χ1) is 7.58. The van der Waals surface area contributed by atoms with Crippen LogP contribution in [0.1, 0.15) is 52.4 Å². The van der Waals surface area contributed by atoms with E-state index in [1.165, 1.54) is 25.7 Å². The molecule has 1 atom stereocenters. The monoisotopic (exact) mass is 226 g/mol. The Morgan fingerprint density at radius 3 is 2.56 bits per heavy atom. The van der Waals surface area contributed by atoms with Crippen molar-refractivity contribution in [3.8, 4) is 0 Å². The minimum Gasteiger partial charge on any atom is -0.356 e. The Kier molecular flexibility index (Phi) is 5.81. The van der Waals surface area contributed by atoms with Gasteiger partial charge in [0.15, 0.2) is 0 Å². The zero-order valence-corrected chi connectivity index (χ0v) is 10.7. The molecule has 1 rings (SSSR count). The summed E-state index contributed by atoms with van der Waals surface area (Å²) in [6.07, 6.45) is 6.54. The van der Waals surface area contributed by atoms with E-state index in [0.717, 1.165) is 18.9 Å². The van der Waals surface area contributed by atoms with Gasteiger partial charge in [0.05, 0.1) is 0 Å². The minimum absolute atomic E-state index is 0.126. The van der Waals surface area contributed by atoms with Crippen molar-refractivity contribution in [2.45, 2.75) is 58.4 Å². The summed E-state index contributed by atoms with van der Waals surface area (Å²) in [6, 6.07) is 0.126. The highest BCUT2D eigenvalue weighted by Crippen LogP contribution is 2.27. The zero-order chi connectivity index (χ0) is 12.0. The summed E-state index contributed by atoms with van der Waals surface area (Å²) in [7, 11) is 0. The van der Waals surface area contributed by atoms with Gasteiger partial charge in [-0.25, -0.2) is 0 Å². The predicted octanol–water partition coefficient (Wildman–Crippen LogP) is 2.06. The van der Waals surface area contributed by atoms with Crippen LogP contribution in [0.2, 0.25) is 0 Å². The van der Waals surface area contributed by atoms with Crippen LogP contribution < -0.4 is 11.1 Å². The number of rotatable bonds is 5. The molecule has 0 aliphatic heterocycles. The predicted molar refractivity (Wildman–Crippen MR) is 67.0 cm³/mol. The highest BCUT2D eigenvalue weighted by atomic mass is 16.1. The van der Waals surface area contributed by atoms with Gasteiger partial charge in [0.25, 0.3) is 0 Å². The molecular formula is C13H26N2O. The van der Waals surface area contributed by atoms with Crippen molar-refractivity contribution in [2.75, 3.05) is 6.54 Å². The zero-order valence-electron chi connectivity index (χ0n) is 10.7. The molecule has 0 radical (unpaired) electrons. The van der Waals surface area contributed by atoms with Gasteiger partial charge in [-0.15, -0.1) is 0 Å². The Bertz CT molecular complexity index is 208. The van der Waals surface area contributed by atoms with Gasteiger partial charge in [-0.3, -0.25) is 4.79 Å². The van der Waals surface area contributed by atoms with Crippen LogP contribution in [0.15, 0.2) is 0 Å². The molecule has 0 aromatic heterocycles. The lowest BCUT2D eigenvalue weighted by atomic mass is 9.83. The third-order valence-electron chi connectivity index (χ3n) is 3.55. The summed E-state index contributed by atoms with van der Waals surface area (Å²) in [5.41, 5.74) is 5.61. The van der Waals surface area contributed by atoms with Crippen molar-refractivity contribution in [1.82, 2.24) is 5.32 Å². The average molecular weight is 226 g/mol. The maximum atomic E-state index is 11.5. The number of amides is 1. The minimum atomic E-state index is 0.126. The standard InChI is InChI=1S/C13H26N2O/c1-10-3-6-12(7-4-10)9-15-13(16)8-5-11(2)14/h10-12H,3-9,14H2,1-2H3,(H,15,16). The van der Waals surface area contributed by atoms with Crippen molar-refractivity contribution < 1.29 is 4.79 Å². The molecular weight excluding hydrogens is 200 g/mol. The molecule has 0 saturated heterocycles. The topological polar surface area (TPSA) is 55.1 Å². The van der Waals surface area contributed by atoms with Crippen LogP contribution in [0.25, 0.3) is 0 Å². The molecule has 0 aromatic rings. The molecule has 1 unspecified atom stereocenters. The van der Waals surface area contributed by atoms with Crippen molar-refractivity contribution >= 4 is 5.91 Å². The van der Waals surface area contributed by atoms with Crippen LogP contribution in [0.5, 0.6) is 0 Å². The first-order valence-corrected chi connectivity index (χ1v) is 6.60. The Balaban J connectivity index is 2.07. The van der Waals surface area contributed by atoms with Crippen molar-refractivity contribution in [2.24, 2.45) is 17.6 Å². The molecule has 94 valence electrons. The molecule has 0 bridgehead atoms. The fraction of sp³-hybridized carbons (Fsp3) is 0.923. The SMILES string of the molecule is CC(N)CCC(=O)NCC1CCC(C)CC1. The first-order valence-electron chi connectivity index (χ1n) is 6.60. The number of nitrogens with two attached hydrogens (primary N) is 1. The van der Waals surface area contributed by atoms with E-state index in [4.69, 9.17) is 5.73 Å². The summed E-state index contributed by atoms with van der Waals surface area (Å²) < 4.78 is 0. The molecule has 1 saturated carbocycles. The highest BCUT2D eigenvalue weighted by molar-refractivity contribution is 5.75. The van der Waals surface area contributed by atoms with Crippen LogP contribution in [-0.4, -0.2) is 18.5 Å². The van der Waals surface area contributed by atoms with E-state index in [1.54, 1.807) is 0 Å². The lowest BCUT2D eigenvalue weighted by Gasteiger charge is -2.26. The van der Waals surface area contributed by atoms with Gasteiger partial charge in [-0.2, -0.15) is 0 Å². The second-order valence-corrected chi connectivity index (χ2v) is 5.45. The van der Waals surface area contributed by atoms with E-state index < -0.39 is 0 Å². The lowest BCUT2D eigenvalue weighted by Crippen LogP contribution is -2.31. The molecule has 3 N–H and O–H groups in total. The average Bonchev–Trinajstić information content (AvgIpc) is 2.25. The van der Waals surface area contributed by atoms with Gasteiger partial charge >= 0.3 is 0 Å².